The average molecular weight is 250 g/mol. The Bertz CT molecular complexity index is 212. The van der Waals surface area contributed by atoms with E-state index < -0.39 is 12.0 Å². The highest BCUT2D eigenvalue weighted by atomic mass is 32.2. The van der Waals surface area contributed by atoms with Crippen molar-refractivity contribution in [2.45, 2.75) is 26.3 Å². The molecule has 1 unspecified atom stereocenters. The second-order valence-corrected chi connectivity index (χ2v) is 4.68. The highest BCUT2D eigenvalue weighted by Crippen LogP contribution is 2.04. The van der Waals surface area contributed by atoms with Crippen LogP contribution in [0.25, 0.3) is 0 Å². The zero-order chi connectivity index (χ0) is 11.7. The fourth-order valence-corrected chi connectivity index (χ4v) is 1.95. The Hall–Kier alpha value is -0.490. The summed E-state index contributed by atoms with van der Waals surface area (Å²) in [4.78, 5) is 10.9. The quantitative estimate of drug-likeness (QED) is 0.464. The van der Waals surface area contributed by atoms with Gasteiger partial charge < -0.3 is 15.7 Å². The van der Waals surface area contributed by atoms with Crippen LogP contribution in [-0.4, -0.2) is 40.3 Å². The Labute approximate surface area is 100 Å². The second kappa shape index (κ2) is 8.79. The normalized spacial score (nSPS) is 11.9. The minimum Gasteiger partial charge on any atom is -0.480 e. The molecule has 0 aliphatic heterocycles. The number of thioether (sulfide) groups is 1. The van der Waals surface area contributed by atoms with Crippen LogP contribution in [0.2, 0.25) is 0 Å². The molecule has 0 saturated carbocycles. The molecular formula is C9H18N2O2S2. The fourth-order valence-electron chi connectivity index (χ4n) is 0.973. The first-order valence-electron chi connectivity index (χ1n) is 4.96. The van der Waals surface area contributed by atoms with Gasteiger partial charge >= 0.3 is 5.97 Å². The van der Waals surface area contributed by atoms with Crippen molar-refractivity contribution < 1.29 is 9.90 Å². The molecule has 6 heteroatoms. The zero-order valence-electron chi connectivity index (χ0n) is 9.08. The molecule has 0 aromatic carbocycles. The Morgan fingerprint density at radius 3 is 2.67 bits per heavy atom. The smallest absolute Gasteiger partial charge is 0.326 e. The molecule has 0 rings (SSSR count). The number of hydrogen-bond acceptors (Lipinski definition) is 3. The van der Waals surface area contributed by atoms with Gasteiger partial charge in [-0.2, -0.15) is 11.8 Å². The lowest BCUT2D eigenvalue weighted by molar-refractivity contribution is -0.139. The highest BCUT2D eigenvalue weighted by molar-refractivity contribution is 7.99. The Morgan fingerprint density at radius 1 is 1.53 bits per heavy atom. The molecule has 1 atom stereocenters. The van der Waals surface area contributed by atoms with Gasteiger partial charge in [0.2, 0.25) is 0 Å². The molecule has 0 aromatic heterocycles. The molecule has 0 spiro atoms. The lowest BCUT2D eigenvalue weighted by Gasteiger charge is -2.16. The van der Waals surface area contributed by atoms with E-state index in [1.807, 2.05) is 6.92 Å². The van der Waals surface area contributed by atoms with Gasteiger partial charge in [0.1, 0.15) is 6.04 Å². The number of hydrogen-bond donors (Lipinski definition) is 3. The van der Waals surface area contributed by atoms with Crippen molar-refractivity contribution in [3.63, 3.8) is 0 Å². The van der Waals surface area contributed by atoms with Crippen molar-refractivity contribution in [1.82, 2.24) is 10.6 Å². The van der Waals surface area contributed by atoms with Crippen LogP contribution >= 0.6 is 24.0 Å². The number of carboxylic acids is 1. The van der Waals surface area contributed by atoms with E-state index in [1.54, 1.807) is 11.8 Å². The molecule has 0 amide bonds. The van der Waals surface area contributed by atoms with E-state index in [0.717, 1.165) is 11.5 Å². The summed E-state index contributed by atoms with van der Waals surface area (Å²) < 4.78 is 0. The molecular weight excluding hydrogens is 232 g/mol. The lowest BCUT2D eigenvalue weighted by Crippen LogP contribution is -2.46. The number of carbonyl (C=O) groups is 1. The van der Waals surface area contributed by atoms with Gasteiger partial charge in [0.15, 0.2) is 5.11 Å². The van der Waals surface area contributed by atoms with E-state index in [0.29, 0.717) is 18.1 Å². The minimum absolute atomic E-state index is 0.409. The average Bonchev–Trinajstić information content (AvgIpc) is 2.16. The van der Waals surface area contributed by atoms with E-state index in [2.05, 4.69) is 17.6 Å². The number of carboxylic acid groups (broad SMARTS) is 1. The van der Waals surface area contributed by atoms with E-state index >= 15 is 0 Å². The molecule has 0 fully saturated rings. The molecule has 0 heterocycles. The van der Waals surface area contributed by atoms with E-state index in [9.17, 15) is 4.79 Å². The first-order chi connectivity index (χ1) is 7.11. The summed E-state index contributed by atoms with van der Waals surface area (Å²) >= 11 is 6.66. The van der Waals surface area contributed by atoms with Crippen LogP contribution < -0.4 is 10.6 Å². The maximum Gasteiger partial charge on any atom is 0.326 e. The maximum absolute atomic E-state index is 10.9. The van der Waals surface area contributed by atoms with Crippen LogP contribution in [0.1, 0.15) is 20.3 Å². The Kier molecular flexibility index (Phi) is 8.50. The topological polar surface area (TPSA) is 61.4 Å². The largest absolute Gasteiger partial charge is 0.480 e. The molecule has 4 nitrogen and oxygen atoms in total. The summed E-state index contributed by atoms with van der Waals surface area (Å²) in [6.07, 6.45) is 0.583. The van der Waals surface area contributed by atoms with Crippen LogP contribution in [0.4, 0.5) is 0 Å². The van der Waals surface area contributed by atoms with Crippen molar-refractivity contribution in [2.75, 3.05) is 18.1 Å². The van der Waals surface area contributed by atoms with E-state index in [1.165, 1.54) is 0 Å². The van der Waals surface area contributed by atoms with Gasteiger partial charge in [-0.15, -0.1) is 0 Å². The predicted molar refractivity (Wildman–Crippen MR) is 68.5 cm³/mol. The summed E-state index contributed by atoms with van der Waals surface area (Å²) in [5, 5.41) is 15.0. The van der Waals surface area contributed by atoms with Crippen molar-refractivity contribution in [3.05, 3.63) is 0 Å². The van der Waals surface area contributed by atoms with E-state index in [-0.39, 0.29) is 0 Å². The van der Waals surface area contributed by atoms with Crippen LogP contribution in [0, 0.1) is 0 Å². The third-order valence-corrected chi connectivity index (χ3v) is 2.89. The van der Waals surface area contributed by atoms with Gasteiger partial charge in [-0.3, -0.25) is 0 Å². The summed E-state index contributed by atoms with van der Waals surface area (Å²) in [5.41, 5.74) is 0. The fraction of sp³-hybridized carbons (Fsp3) is 0.778. The molecule has 0 saturated heterocycles. The van der Waals surface area contributed by atoms with Gasteiger partial charge in [-0.1, -0.05) is 6.92 Å². The molecule has 0 aliphatic carbocycles. The van der Waals surface area contributed by atoms with Gasteiger partial charge in [0.05, 0.1) is 0 Å². The molecule has 88 valence electrons. The van der Waals surface area contributed by atoms with Crippen molar-refractivity contribution in [2.24, 2.45) is 0 Å². The molecule has 15 heavy (non-hydrogen) atoms. The standard InChI is InChI=1S/C9H18N2O2S2/c1-3-10-9(14)11-7(8(12)13)5-6-15-4-2/h7H,3-6H2,1-2H3,(H,12,13)(H2,10,11,14). The number of aliphatic carboxylic acids is 1. The second-order valence-electron chi connectivity index (χ2n) is 2.88. The summed E-state index contributed by atoms with van der Waals surface area (Å²) in [5.74, 6) is 0.978. The summed E-state index contributed by atoms with van der Waals surface area (Å²) in [6.45, 7) is 4.66. The highest BCUT2D eigenvalue weighted by Gasteiger charge is 2.17. The minimum atomic E-state index is -0.855. The first kappa shape index (κ1) is 14.5. The molecule has 0 bridgehead atoms. The zero-order valence-corrected chi connectivity index (χ0v) is 10.7. The molecule has 0 radical (unpaired) electrons. The van der Waals surface area contributed by atoms with Crippen LogP contribution in [0.15, 0.2) is 0 Å². The number of nitrogens with one attached hydrogen (secondary N) is 2. The van der Waals surface area contributed by atoms with Gasteiger partial charge in [0, 0.05) is 6.54 Å². The Morgan fingerprint density at radius 2 is 2.20 bits per heavy atom. The molecule has 3 N–H and O–H groups in total. The van der Waals surface area contributed by atoms with Crippen LogP contribution in [-0.2, 0) is 4.79 Å². The van der Waals surface area contributed by atoms with Crippen molar-refractivity contribution >= 4 is 35.1 Å². The Balaban J connectivity index is 3.93. The lowest BCUT2D eigenvalue weighted by atomic mass is 10.2. The van der Waals surface area contributed by atoms with Gasteiger partial charge in [-0.05, 0) is 37.1 Å². The van der Waals surface area contributed by atoms with E-state index in [4.69, 9.17) is 17.3 Å². The number of thiocarbonyl (C=S) groups is 1. The van der Waals surface area contributed by atoms with Crippen molar-refractivity contribution in [3.8, 4) is 0 Å². The summed E-state index contributed by atoms with van der Waals surface area (Å²) in [6, 6.07) is -0.587. The molecule has 0 aliphatic rings. The summed E-state index contributed by atoms with van der Waals surface area (Å²) in [7, 11) is 0. The van der Waals surface area contributed by atoms with Crippen LogP contribution in [0.3, 0.4) is 0 Å². The monoisotopic (exact) mass is 250 g/mol. The predicted octanol–water partition coefficient (Wildman–Crippen LogP) is 1.07. The SMILES string of the molecule is CCNC(=S)NC(CCSCC)C(=O)O. The van der Waals surface area contributed by atoms with Gasteiger partial charge in [0.25, 0.3) is 0 Å². The third kappa shape index (κ3) is 7.44. The molecule has 0 aromatic rings. The first-order valence-corrected chi connectivity index (χ1v) is 6.53. The third-order valence-electron chi connectivity index (χ3n) is 1.70. The van der Waals surface area contributed by atoms with Gasteiger partial charge in [-0.25, -0.2) is 4.79 Å². The maximum atomic E-state index is 10.9. The van der Waals surface area contributed by atoms with Crippen molar-refractivity contribution in [1.29, 1.82) is 0 Å². The van der Waals surface area contributed by atoms with Crippen LogP contribution in [0.5, 0.6) is 0 Å². The number of rotatable bonds is 7.